The van der Waals surface area contributed by atoms with Crippen LogP contribution in [0.4, 0.5) is 4.79 Å². The van der Waals surface area contributed by atoms with Gasteiger partial charge in [-0.05, 0) is 42.3 Å². The molecule has 0 spiro atoms. The molecule has 0 radical (unpaired) electrons. The van der Waals surface area contributed by atoms with Crippen molar-refractivity contribution in [3.8, 4) is 0 Å². The smallest absolute Gasteiger partial charge is 0.446 e. The van der Waals surface area contributed by atoms with Crippen molar-refractivity contribution in [2.24, 2.45) is 5.92 Å². The third-order valence-electron chi connectivity index (χ3n) is 3.10. The molecule has 1 atom stereocenters. The van der Waals surface area contributed by atoms with Crippen LogP contribution in [0, 0.1) is 16.0 Å². The SMILES string of the molecule is CCOC(=O)N(C(C)c1ccc(CC(C)C)cc1)[N+](=O)[O-]. The van der Waals surface area contributed by atoms with Gasteiger partial charge in [0, 0.05) is 0 Å². The normalized spacial score (nSPS) is 12.0. The van der Waals surface area contributed by atoms with E-state index >= 15 is 0 Å². The molecule has 0 aliphatic carbocycles. The summed E-state index contributed by atoms with van der Waals surface area (Å²) < 4.78 is 4.73. The Labute approximate surface area is 124 Å². The van der Waals surface area contributed by atoms with Crippen molar-refractivity contribution in [1.82, 2.24) is 5.01 Å². The van der Waals surface area contributed by atoms with Crippen molar-refractivity contribution >= 4 is 6.09 Å². The zero-order chi connectivity index (χ0) is 16.0. The Kier molecular flexibility index (Phi) is 6.14. The van der Waals surface area contributed by atoms with Crippen LogP contribution in [-0.2, 0) is 11.2 Å². The lowest BCUT2D eigenvalue weighted by Crippen LogP contribution is -2.38. The van der Waals surface area contributed by atoms with E-state index in [9.17, 15) is 14.9 Å². The monoisotopic (exact) mass is 294 g/mol. The molecular weight excluding hydrogens is 272 g/mol. The van der Waals surface area contributed by atoms with Crippen LogP contribution < -0.4 is 0 Å². The summed E-state index contributed by atoms with van der Waals surface area (Å²) >= 11 is 0. The first-order valence-electron chi connectivity index (χ1n) is 7.05. The van der Waals surface area contributed by atoms with Gasteiger partial charge in [0.15, 0.2) is 5.03 Å². The van der Waals surface area contributed by atoms with Crippen molar-refractivity contribution in [2.45, 2.75) is 40.2 Å². The van der Waals surface area contributed by atoms with E-state index in [0.29, 0.717) is 16.5 Å². The molecule has 1 unspecified atom stereocenters. The third kappa shape index (κ3) is 4.73. The van der Waals surface area contributed by atoms with Crippen molar-refractivity contribution in [2.75, 3.05) is 6.61 Å². The molecule has 0 aliphatic heterocycles. The van der Waals surface area contributed by atoms with E-state index in [1.165, 1.54) is 5.56 Å². The lowest BCUT2D eigenvalue weighted by molar-refractivity contribution is -0.644. The molecule has 1 aromatic carbocycles. The first-order chi connectivity index (χ1) is 9.86. The molecule has 0 bridgehead atoms. The number of amides is 1. The van der Waals surface area contributed by atoms with Gasteiger partial charge in [-0.25, -0.2) is 14.9 Å². The van der Waals surface area contributed by atoms with Crippen molar-refractivity contribution < 1.29 is 14.6 Å². The summed E-state index contributed by atoms with van der Waals surface area (Å²) in [5.41, 5.74) is 1.87. The summed E-state index contributed by atoms with van der Waals surface area (Å²) in [4.78, 5) is 22.7. The minimum atomic E-state index is -0.943. The number of hydrogen-bond acceptors (Lipinski definition) is 4. The molecule has 6 heteroatoms. The summed E-state index contributed by atoms with van der Waals surface area (Å²) in [6.45, 7) is 7.58. The van der Waals surface area contributed by atoms with Crippen LogP contribution in [0.3, 0.4) is 0 Å². The van der Waals surface area contributed by atoms with Crippen LogP contribution in [0.25, 0.3) is 0 Å². The molecule has 0 saturated carbocycles. The molecule has 0 saturated heterocycles. The van der Waals surface area contributed by atoms with Crippen LogP contribution in [0.5, 0.6) is 0 Å². The first kappa shape index (κ1) is 16.9. The van der Waals surface area contributed by atoms with Gasteiger partial charge in [-0.1, -0.05) is 38.1 Å². The minimum absolute atomic E-state index is 0.100. The molecule has 6 nitrogen and oxygen atoms in total. The van der Waals surface area contributed by atoms with Crippen LogP contribution >= 0.6 is 0 Å². The Hall–Kier alpha value is -2.11. The highest BCUT2D eigenvalue weighted by molar-refractivity contribution is 5.66. The average Bonchev–Trinajstić information content (AvgIpc) is 2.38. The Morgan fingerprint density at radius 2 is 1.86 bits per heavy atom. The number of carbonyl (C=O) groups is 1. The van der Waals surface area contributed by atoms with Crippen molar-refractivity contribution in [1.29, 1.82) is 0 Å². The largest absolute Gasteiger partial charge is 0.468 e. The zero-order valence-electron chi connectivity index (χ0n) is 12.9. The van der Waals surface area contributed by atoms with Gasteiger partial charge in [0.25, 0.3) is 0 Å². The van der Waals surface area contributed by atoms with Gasteiger partial charge in [0.05, 0.1) is 6.61 Å². The van der Waals surface area contributed by atoms with Gasteiger partial charge in [0.1, 0.15) is 6.04 Å². The van der Waals surface area contributed by atoms with Crippen LogP contribution in [0.15, 0.2) is 24.3 Å². The van der Waals surface area contributed by atoms with Crippen LogP contribution in [0.1, 0.15) is 44.9 Å². The number of nitrogens with zero attached hydrogens (tertiary/aromatic N) is 2. The number of hydrazine groups is 1. The Morgan fingerprint density at radius 3 is 2.29 bits per heavy atom. The second-order valence-electron chi connectivity index (χ2n) is 5.30. The van der Waals surface area contributed by atoms with Crippen molar-refractivity contribution in [3.63, 3.8) is 0 Å². The molecule has 116 valence electrons. The summed E-state index contributed by atoms with van der Waals surface area (Å²) in [6.07, 6.45) is 0.00661. The van der Waals surface area contributed by atoms with Gasteiger partial charge in [-0.2, -0.15) is 0 Å². The van der Waals surface area contributed by atoms with E-state index < -0.39 is 17.2 Å². The van der Waals surface area contributed by atoms with E-state index in [-0.39, 0.29) is 6.61 Å². The van der Waals surface area contributed by atoms with E-state index in [1.54, 1.807) is 13.8 Å². The lowest BCUT2D eigenvalue weighted by atomic mass is 10.00. The van der Waals surface area contributed by atoms with Crippen LogP contribution in [0.2, 0.25) is 0 Å². The van der Waals surface area contributed by atoms with Gasteiger partial charge in [-0.15, -0.1) is 0 Å². The van der Waals surface area contributed by atoms with Gasteiger partial charge in [0.2, 0.25) is 0 Å². The Balaban J connectivity index is 2.91. The predicted molar refractivity (Wildman–Crippen MR) is 79.3 cm³/mol. The van der Waals surface area contributed by atoms with Gasteiger partial charge in [-0.3, -0.25) is 0 Å². The highest BCUT2D eigenvalue weighted by Crippen LogP contribution is 2.22. The maximum absolute atomic E-state index is 11.7. The van der Waals surface area contributed by atoms with E-state index in [4.69, 9.17) is 4.74 Å². The maximum atomic E-state index is 11.7. The number of carbonyl (C=O) groups excluding carboxylic acids is 1. The fourth-order valence-electron chi connectivity index (χ4n) is 2.10. The molecule has 0 aliphatic rings. The molecule has 1 rings (SSSR count). The second kappa shape index (κ2) is 7.61. The van der Waals surface area contributed by atoms with Crippen molar-refractivity contribution in [3.05, 3.63) is 45.5 Å². The molecule has 0 fully saturated rings. The summed E-state index contributed by atoms with van der Waals surface area (Å²) in [7, 11) is 0. The fraction of sp³-hybridized carbons (Fsp3) is 0.533. The summed E-state index contributed by atoms with van der Waals surface area (Å²) in [6, 6.07) is 6.83. The average molecular weight is 294 g/mol. The quantitative estimate of drug-likeness (QED) is 0.593. The highest BCUT2D eigenvalue weighted by Gasteiger charge is 2.33. The number of benzene rings is 1. The lowest BCUT2D eigenvalue weighted by Gasteiger charge is -2.19. The molecule has 1 amide bonds. The summed E-state index contributed by atoms with van der Waals surface area (Å²) in [5.74, 6) is 0.545. The van der Waals surface area contributed by atoms with E-state index in [1.807, 2.05) is 24.3 Å². The molecule has 0 N–H and O–H groups in total. The minimum Gasteiger partial charge on any atom is -0.446 e. The molecule has 0 aromatic heterocycles. The topological polar surface area (TPSA) is 72.7 Å². The predicted octanol–water partition coefficient (Wildman–Crippen LogP) is 3.60. The van der Waals surface area contributed by atoms with E-state index in [2.05, 4.69) is 13.8 Å². The standard InChI is InChI=1S/C15H22N2O4/c1-5-21-15(18)16(17(19)20)12(4)14-8-6-13(7-9-14)10-11(2)3/h6-9,11-12H,5,10H2,1-4H3. The van der Waals surface area contributed by atoms with E-state index in [0.717, 1.165) is 6.42 Å². The first-order valence-corrected chi connectivity index (χ1v) is 7.05. The number of rotatable bonds is 6. The Morgan fingerprint density at radius 1 is 1.29 bits per heavy atom. The molecule has 21 heavy (non-hydrogen) atoms. The molecular formula is C15H22N2O4. The zero-order valence-corrected chi connectivity index (χ0v) is 12.9. The highest BCUT2D eigenvalue weighted by atomic mass is 16.7. The number of hydrogen-bond donors (Lipinski definition) is 0. The number of nitro groups is 1. The summed E-state index contributed by atoms with van der Waals surface area (Å²) in [5, 5.41) is 10.9. The fourth-order valence-corrected chi connectivity index (χ4v) is 2.10. The molecule has 1 aromatic rings. The van der Waals surface area contributed by atoms with Crippen LogP contribution in [-0.4, -0.2) is 22.7 Å². The molecule has 0 heterocycles. The maximum Gasteiger partial charge on any atom is 0.468 e. The second-order valence-corrected chi connectivity index (χ2v) is 5.30. The number of ether oxygens (including phenoxy) is 1. The van der Waals surface area contributed by atoms with Gasteiger partial charge >= 0.3 is 6.09 Å². The third-order valence-corrected chi connectivity index (χ3v) is 3.10. The van der Waals surface area contributed by atoms with Gasteiger partial charge < -0.3 is 4.74 Å². The Bertz CT molecular complexity index is 485.